The van der Waals surface area contributed by atoms with Crippen LogP contribution in [0, 0.1) is 94.7 Å². The number of aliphatic carboxylic acids is 1. The highest BCUT2D eigenvalue weighted by Gasteiger charge is 2.39. The van der Waals surface area contributed by atoms with Crippen LogP contribution in [0.1, 0.15) is 349 Å². The van der Waals surface area contributed by atoms with Crippen molar-refractivity contribution in [3.05, 3.63) is 132 Å². The summed E-state index contributed by atoms with van der Waals surface area (Å²) in [7, 11) is 4.12. The van der Waals surface area contributed by atoms with Gasteiger partial charge in [-0.25, -0.2) is 14.8 Å². The van der Waals surface area contributed by atoms with Crippen LogP contribution >= 0.6 is 37.2 Å². The van der Waals surface area contributed by atoms with E-state index in [0.29, 0.717) is 139 Å². The number of ketones is 3. The van der Waals surface area contributed by atoms with Crippen molar-refractivity contribution in [2.45, 2.75) is 356 Å². The van der Waals surface area contributed by atoms with E-state index < -0.39 is 47.2 Å². The Balaban J connectivity index is 0. The molecule has 2 heterocycles. The van der Waals surface area contributed by atoms with E-state index in [1.807, 2.05) is 126 Å². The molecule has 9 rings (SSSR count). The summed E-state index contributed by atoms with van der Waals surface area (Å²) in [6.45, 7) is 59.8. The minimum absolute atomic E-state index is 0. The molecular weight excluding hydrogens is 1840 g/mol. The number of carboxylic acids is 1. The number of esters is 1. The minimum Gasteiger partial charge on any atom is -0.481 e. The summed E-state index contributed by atoms with van der Waals surface area (Å²) >= 11 is 0. The first-order valence-electron chi connectivity index (χ1n) is 52.4. The number of nitrogens with zero attached hydrogens (tertiary/aromatic N) is 7. The first-order valence-corrected chi connectivity index (χ1v) is 52.4. The molecule has 0 bridgehead atoms. The van der Waals surface area contributed by atoms with Crippen molar-refractivity contribution in [2.75, 3.05) is 66.6 Å². The molecule has 1 saturated heterocycles. The number of rotatable bonds is 40. The Morgan fingerprint density at radius 1 is 0.525 bits per heavy atom. The first kappa shape index (κ1) is 135. The number of nitrogens with one attached hydrogen (secondary N) is 3. The topological polar surface area (TPSA) is 355 Å². The standard InChI is InChI=1S/C31H50N2O4.C26H42N2O2.C20H31NO.C12H22O4.C8H17N3.C6H5N3O.C6H15N.C4H8O.3ClH/c1-20(2)18-27(33-30(36)37-31(6,7)8)29(35)32-26(23-12-10-9-11-13-23)16-17-28(34)25-19-22(5)14-15-24(25)21(3)4;1-17(2)15-23(27)26(30)28-24(20-9-7-6-8-10-20)13-14-25(29)22-16-19(5)11-12-21(22)18(3)4;1-14(2)17-10-9-15(3)13-18(17)20(22)12-11-19(21)16-7-5-4-6-8-16;1-8(2)6-9(11(14)15)7-10(13)16-12(3,4)5;1-4-9-8-10-6-5-7-11(2)3;10-9-6-4-2-1-3-5(6)7-8-9;1-4-7(5-2)6-3;1-2-4-5-3-1;;;/h9-13,20-22,24-27H,14-19H2,1-8H3,(H,32,35)(H,33,36);6-10,17-19,21-24H,11-16,27H2,1-5H3,(H,28,30);4-8,14-15,17-19H,9-13,21H2,1-3H3;8-9H,6-7H2,1-5H3,(H,14,15);4-7H2,1-3H3;1-4,10H;4-6H2,1-3H3;1-4H2;3*1H/t22-,24+,25-,26-,27+;19-,21+,22-,23+,24-;15-,17+,18-,19-;9-;;;;;;;/m1111......./s1. The van der Waals surface area contributed by atoms with E-state index in [-0.39, 0.29) is 103 Å². The van der Waals surface area contributed by atoms with Gasteiger partial charge in [-0.05, 0) is 290 Å². The van der Waals surface area contributed by atoms with Crippen molar-refractivity contribution < 1.29 is 62.9 Å². The average molecular weight is 2030 g/mol. The predicted octanol–water partition coefficient (Wildman–Crippen LogP) is 24.5. The van der Waals surface area contributed by atoms with Gasteiger partial charge in [0.25, 0.3) is 0 Å². The van der Waals surface area contributed by atoms with Crippen LogP contribution in [0.2, 0.25) is 0 Å². The second kappa shape index (κ2) is 74.2. The van der Waals surface area contributed by atoms with E-state index >= 15 is 0 Å². The highest BCUT2D eigenvalue weighted by Crippen LogP contribution is 2.43. The van der Waals surface area contributed by atoms with Crippen LogP contribution in [-0.4, -0.2) is 178 Å². The second-order valence-electron chi connectivity index (χ2n) is 43.3. The quantitative estimate of drug-likeness (QED) is 0.00829. The molecule has 4 aromatic carbocycles. The van der Waals surface area contributed by atoms with Crippen LogP contribution in [0.3, 0.4) is 0 Å². The SMILES string of the molecule is C1CCOC1.CC(C)C[C@H](CC(=O)OC(C)(C)C)C(=O)O.CC(C)C[C@H](N)C(=O)N[C@H](CCC(=O)[C@@H]1C[C@H](C)CC[C@H]1C(C)C)c1ccccc1.CC(C)C[C@H](NC(=O)OC(C)(C)C)C(=O)N[C@H](CCC(=O)[C@@H]1C[C@H](C)CC[C@H]1C(C)C)c1ccccc1.CC(C)[C@@H]1CC[C@@H](C)C[C@H]1C(=O)CC[C@@H](N)c1ccccc1.CCN(CC)CC.CCN=C=NCCCN(C)C.Cl.Cl.Cl.On1nnc2ccccc21. The van der Waals surface area contributed by atoms with E-state index in [0.717, 1.165) is 99.3 Å². The third-order valence-corrected chi connectivity index (χ3v) is 26.0. The van der Waals surface area contributed by atoms with Crippen molar-refractivity contribution in [3.63, 3.8) is 0 Å². The zero-order chi connectivity index (χ0) is 104. The molecule has 3 saturated carbocycles. The number of carbonyl (C=O) groups is 8. The number of nitrogens with two attached hydrogens (primary N) is 2. The monoisotopic (exact) mass is 2030 g/mol. The summed E-state index contributed by atoms with van der Waals surface area (Å²) in [4.78, 5) is 113. The Kier molecular flexibility index (Phi) is 71.2. The Morgan fingerprint density at radius 2 is 0.922 bits per heavy atom. The number of aromatic nitrogens is 3. The molecule has 3 aliphatic carbocycles. The van der Waals surface area contributed by atoms with Crippen LogP contribution in [0.25, 0.3) is 11.0 Å². The number of hydrogen-bond donors (Lipinski definition) is 7. The fourth-order valence-electron chi connectivity index (χ4n) is 18.4. The van der Waals surface area contributed by atoms with Crippen LogP contribution in [0.5, 0.6) is 0 Å². The molecule has 1 aromatic heterocycles. The number of ether oxygens (including phenoxy) is 3. The lowest BCUT2D eigenvalue weighted by atomic mass is 9.68. The molecule has 0 unspecified atom stereocenters. The van der Waals surface area contributed by atoms with Gasteiger partial charge >= 0.3 is 18.0 Å². The number of fused-ring (bicyclic) bond motifs is 1. The number of carbonyl (C=O) groups excluding carboxylic acids is 7. The lowest BCUT2D eigenvalue weighted by Crippen LogP contribution is -2.49. The van der Waals surface area contributed by atoms with E-state index in [9.17, 15) is 38.4 Å². The van der Waals surface area contributed by atoms with Crippen LogP contribution in [-0.2, 0) is 47.8 Å². The lowest BCUT2D eigenvalue weighted by molar-refractivity contribution is -0.160. The second-order valence-corrected chi connectivity index (χ2v) is 43.3. The van der Waals surface area contributed by atoms with Gasteiger partial charge in [0, 0.05) is 62.8 Å². The van der Waals surface area contributed by atoms with Gasteiger partial charge in [-0.3, -0.25) is 33.6 Å². The smallest absolute Gasteiger partial charge is 0.408 e. The Hall–Kier alpha value is -7.71. The van der Waals surface area contributed by atoms with Crippen molar-refractivity contribution >= 4 is 101 Å². The summed E-state index contributed by atoms with van der Waals surface area (Å²) in [6, 6.07) is 37.9. The molecule has 4 fully saturated rings. The normalized spacial score (nSPS) is 19.4. The summed E-state index contributed by atoms with van der Waals surface area (Å²) in [5.74, 6) is 5.02. The Bertz CT molecular complexity index is 4230. The number of Topliss-reactive ketones (excluding diaryl/α,β-unsaturated/α-hetero) is 3. The van der Waals surface area contributed by atoms with E-state index in [2.05, 4.69) is 175 Å². The van der Waals surface area contributed by atoms with Crippen LogP contribution in [0.4, 0.5) is 4.79 Å². The number of carboxylic acid groups (broad SMARTS) is 1. The van der Waals surface area contributed by atoms with Crippen LogP contribution < -0.4 is 27.4 Å². The maximum Gasteiger partial charge on any atom is 0.408 e. The summed E-state index contributed by atoms with van der Waals surface area (Å²) in [5, 5.41) is 34.0. The molecule has 0 radical (unpaired) electrons. The number of benzene rings is 4. The lowest BCUT2D eigenvalue weighted by Gasteiger charge is -2.36. The highest BCUT2D eigenvalue weighted by atomic mass is 35.5. The number of aliphatic imine (C=N–C) groups is 2. The van der Waals surface area contributed by atoms with Crippen LogP contribution in [0.15, 0.2) is 125 Å². The molecule has 4 aliphatic rings. The largest absolute Gasteiger partial charge is 0.481 e. The predicted molar refractivity (Wildman–Crippen MR) is 585 cm³/mol. The fraction of sp³-hybridized carbons (Fsp3) is 0.708. The van der Waals surface area contributed by atoms with Crippen molar-refractivity contribution in [3.8, 4) is 0 Å². The average Bonchev–Trinajstić information content (AvgIpc) is 1.83. The van der Waals surface area contributed by atoms with E-state index in [1.54, 1.807) is 53.7 Å². The number of alkyl carbamates (subject to hydrolysis) is 1. The fourth-order valence-corrected chi connectivity index (χ4v) is 18.4. The molecule has 15 atom stereocenters. The first-order chi connectivity index (χ1) is 65.0. The summed E-state index contributed by atoms with van der Waals surface area (Å²) < 4.78 is 15.4. The molecule has 9 N–H and O–H groups in total. The molecule has 804 valence electrons. The van der Waals surface area contributed by atoms with E-state index in [1.165, 1.54) is 58.2 Å². The molecular formula is C113H193Cl3N12O13. The number of hydrogen-bond acceptors (Lipinski definition) is 20. The zero-order valence-corrected chi connectivity index (χ0v) is 94.2. The summed E-state index contributed by atoms with van der Waals surface area (Å²) in [5.41, 5.74) is 15.6. The Morgan fingerprint density at radius 3 is 1.28 bits per heavy atom. The number of para-hydroxylation sites is 1. The molecule has 1 aliphatic heterocycles. The Labute approximate surface area is 870 Å². The molecule has 3 amide bonds. The van der Waals surface area contributed by atoms with Gasteiger partial charge in [0.2, 0.25) is 11.8 Å². The van der Waals surface area contributed by atoms with Gasteiger partial charge in [-0.2, -0.15) is 0 Å². The summed E-state index contributed by atoms with van der Waals surface area (Å²) in [6.07, 6.45) is 18.3. The zero-order valence-electron chi connectivity index (χ0n) is 91.7. The van der Waals surface area contributed by atoms with Crippen molar-refractivity contribution in [1.82, 2.24) is 40.9 Å². The van der Waals surface area contributed by atoms with Crippen molar-refractivity contribution in [2.24, 2.45) is 116 Å². The van der Waals surface area contributed by atoms with Gasteiger partial charge in [0.1, 0.15) is 45.6 Å². The molecule has 28 heteroatoms. The van der Waals surface area contributed by atoms with Gasteiger partial charge in [0.05, 0.1) is 43.0 Å². The maximum absolute atomic E-state index is 13.5. The third-order valence-electron chi connectivity index (χ3n) is 26.0. The van der Waals surface area contributed by atoms with Gasteiger partial charge in [-0.1, -0.05) is 252 Å². The maximum atomic E-state index is 13.5. The minimum atomic E-state index is -0.931. The third kappa shape index (κ3) is 58.9. The molecule has 25 nitrogen and oxygen atoms in total. The van der Waals surface area contributed by atoms with E-state index in [4.69, 9.17) is 36.0 Å². The molecule has 5 aromatic rings. The van der Waals surface area contributed by atoms with Gasteiger partial charge in [0.15, 0.2) is 0 Å². The van der Waals surface area contributed by atoms with Gasteiger partial charge in [-0.15, -0.1) is 42.3 Å². The number of halogens is 3. The molecule has 141 heavy (non-hydrogen) atoms. The number of amides is 3. The highest BCUT2D eigenvalue weighted by molar-refractivity contribution is 5.87. The van der Waals surface area contributed by atoms with Gasteiger partial charge < -0.3 is 61.7 Å². The molecule has 0 spiro atoms. The van der Waals surface area contributed by atoms with Crippen molar-refractivity contribution in [1.29, 1.82) is 0 Å².